The molecular weight excluding hydrogens is 281 g/mol. The van der Waals surface area contributed by atoms with Crippen LogP contribution < -0.4 is 5.32 Å². The van der Waals surface area contributed by atoms with Crippen molar-refractivity contribution < 1.29 is 9.18 Å². The van der Waals surface area contributed by atoms with Gasteiger partial charge in [-0.2, -0.15) is 0 Å². The number of rotatable bonds is 5. The molecule has 3 rings (SSSR count). The highest BCUT2D eigenvalue weighted by Gasteiger charge is 2.06. The van der Waals surface area contributed by atoms with E-state index in [4.69, 9.17) is 0 Å². The maximum Gasteiger partial charge on any atom is 0.220 e. The average molecular weight is 297 g/mol. The van der Waals surface area contributed by atoms with Crippen LogP contribution in [-0.2, 0) is 17.8 Å². The van der Waals surface area contributed by atoms with Gasteiger partial charge in [0.05, 0.1) is 18.3 Å². The topological polar surface area (TPSA) is 46.4 Å². The molecule has 112 valence electrons. The molecule has 1 amide bonds. The van der Waals surface area contributed by atoms with E-state index in [0.717, 1.165) is 16.9 Å². The van der Waals surface area contributed by atoms with Gasteiger partial charge in [-0.3, -0.25) is 4.79 Å². The summed E-state index contributed by atoms with van der Waals surface area (Å²) in [4.78, 5) is 16.2. The molecule has 0 bridgehead atoms. The monoisotopic (exact) mass is 297 g/mol. The molecule has 1 aromatic carbocycles. The van der Waals surface area contributed by atoms with Gasteiger partial charge in [-0.25, -0.2) is 9.37 Å². The van der Waals surface area contributed by atoms with Crippen LogP contribution in [0.3, 0.4) is 0 Å². The number of halogens is 1. The normalized spacial score (nSPS) is 10.8. The fraction of sp³-hybridized carbons (Fsp3) is 0.176. The Hall–Kier alpha value is -2.69. The van der Waals surface area contributed by atoms with Gasteiger partial charge < -0.3 is 9.72 Å². The number of fused-ring (bicyclic) bond motifs is 1. The first-order valence-corrected chi connectivity index (χ1v) is 7.14. The lowest BCUT2D eigenvalue weighted by Crippen LogP contribution is -2.24. The van der Waals surface area contributed by atoms with Crippen molar-refractivity contribution in [2.24, 2.45) is 0 Å². The smallest absolute Gasteiger partial charge is 0.220 e. The highest BCUT2D eigenvalue weighted by molar-refractivity contribution is 5.76. The summed E-state index contributed by atoms with van der Waals surface area (Å²) in [7, 11) is 0. The molecule has 0 unspecified atom stereocenters. The molecule has 0 atom stereocenters. The van der Waals surface area contributed by atoms with Gasteiger partial charge in [0.2, 0.25) is 5.91 Å². The van der Waals surface area contributed by atoms with Gasteiger partial charge in [0.25, 0.3) is 0 Å². The fourth-order valence-corrected chi connectivity index (χ4v) is 2.31. The maximum absolute atomic E-state index is 12.8. The number of hydrogen-bond acceptors (Lipinski definition) is 2. The van der Waals surface area contributed by atoms with Crippen LogP contribution in [-0.4, -0.2) is 15.3 Å². The van der Waals surface area contributed by atoms with Crippen molar-refractivity contribution in [3.05, 3.63) is 72.1 Å². The minimum absolute atomic E-state index is 0.0444. The first kappa shape index (κ1) is 14.3. The Labute approximate surface area is 127 Å². The third-order valence-electron chi connectivity index (χ3n) is 3.51. The van der Waals surface area contributed by atoms with Crippen molar-refractivity contribution in [3.63, 3.8) is 0 Å². The Morgan fingerprint density at radius 3 is 2.82 bits per heavy atom. The predicted molar refractivity (Wildman–Crippen MR) is 81.8 cm³/mol. The summed E-state index contributed by atoms with van der Waals surface area (Å²) in [6, 6.07) is 12.0. The van der Waals surface area contributed by atoms with Crippen molar-refractivity contribution in [1.82, 2.24) is 14.7 Å². The maximum atomic E-state index is 12.8. The molecule has 5 heteroatoms. The minimum atomic E-state index is -0.264. The Morgan fingerprint density at radius 1 is 1.18 bits per heavy atom. The van der Waals surface area contributed by atoms with Crippen LogP contribution in [0, 0.1) is 5.82 Å². The molecule has 3 aromatic rings. The number of benzene rings is 1. The van der Waals surface area contributed by atoms with E-state index in [1.807, 2.05) is 28.8 Å². The van der Waals surface area contributed by atoms with E-state index in [1.54, 1.807) is 18.3 Å². The fourth-order valence-electron chi connectivity index (χ4n) is 2.31. The molecule has 0 saturated carbocycles. The molecule has 1 N–H and O–H groups in total. The summed E-state index contributed by atoms with van der Waals surface area (Å²) in [5.74, 6) is 0.488. The second-order valence-corrected chi connectivity index (χ2v) is 5.07. The quantitative estimate of drug-likeness (QED) is 0.787. The van der Waals surface area contributed by atoms with Gasteiger partial charge in [0, 0.05) is 12.6 Å². The van der Waals surface area contributed by atoms with Gasteiger partial charge in [0.1, 0.15) is 11.6 Å². The van der Waals surface area contributed by atoms with Gasteiger partial charge >= 0.3 is 0 Å². The molecule has 0 spiro atoms. The summed E-state index contributed by atoms with van der Waals surface area (Å²) in [6.07, 6.45) is 4.66. The van der Waals surface area contributed by atoms with Crippen LogP contribution in [0.15, 0.2) is 54.9 Å². The van der Waals surface area contributed by atoms with E-state index >= 15 is 0 Å². The molecule has 0 radical (unpaired) electrons. The van der Waals surface area contributed by atoms with E-state index < -0.39 is 0 Å². The molecule has 2 aromatic heterocycles. The van der Waals surface area contributed by atoms with Crippen molar-refractivity contribution in [2.45, 2.75) is 19.4 Å². The standard InChI is InChI=1S/C17H16FN3O/c18-14-7-4-13(5-8-14)6-9-17(22)20-12-16-19-11-15-3-1-2-10-21(15)16/h1-5,7-8,10-11H,6,9,12H2,(H,20,22). The molecule has 0 fully saturated rings. The Morgan fingerprint density at radius 2 is 2.00 bits per heavy atom. The van der Waals surface area contributed by atoms with Crippen LogP contribution in [0.1, 0.15) is 17.8 Å². The second-order valence-electron chi connectivity index (χ2n) is 5.07. The molecular formula is C17H16FN3O. The largest absolute Gasteiger partial charge is 0.349 e. The highest BCUT2D eigenvalue weighted by atomic mass is 19.1. The predicted octanol–water partition coefficient (Wildman–Crippen LogP) is 2.72. The number of nitrogens with one attached hydrogen (secondary N) is 1. The molecule has 0 aliphatic rings. The zero-order chi connectivity index (χ0) is 15.4. The van der Waals surface area contributed by atoms with Crippen LogP contribution in [0.2, 0.25) is 0 Å². The van der Waals surface area contributed by atoms with E-state index in [0.29, 0.717) is 19.4 Å². The third kappa shape index (κ3) is 3.31. The van der Waals surface area contributed by atoms with Crippen LogP contribution in [0.4, 0.5) is 4.39 Å². The Balaban J connectivity index is 1.53. The summed E-state index contributed by atoms with van der Waals surface area (Å²) < 4.78 is 14.7. The highest BCUT2D eigenvalue weighted by Crippen LogP contribution is 2.07. The SMILES string of the molecule is O=C(CCc1ccc(F)cc1)NCc1ncc2ccccn12. The lowest BCUT2D eigenvalue weighted by molar-refractivity contribution is -0.121. The summed E-state index contributed by atoms with van der Waals surface area (Å²) in [6.45, 7) is 0.389. The van der Waals surface area contributed by atoms with E-state index in [-0.39, 0.29) is 11.7 Å². The van der Waals surface area contributed by atoms with Crippen LogP contribution >= 0.6 is 0 Å². The zero-order valence-corrected chi connectivity index (χ0v) is 12.0. The van der Waals surface area contributed by atoms with Crippen molar-refractivity contribution in [1.29, 1.82) is 0 Å². The van der Waals surface area contributed by atoms with Crippen LogP contribution in [0.5, 0.6) is 0 Å². The number of aromatic nitrogens is 2. The lowest BCUT2D eigenvalue weighted by atomic mass is 10.1. The third-order valence-corrected chi connectivity index (χ3v) is 3.51. The van der Waals surface area contributed by atoms with Gasteiger partial charge in [-0.05, 0) is 36.2 Å². The number of hydrogen-bond donors (Lipinski definition) is 1. The number of imidazole rings is 1. The van der Waals surface area contributed by atoms with E-state index in [9.17, 15) is 9.18 Å². The van der Waals surface area contributed by atoms with Gasteiger partial charge in [-0.1, -0.05) is 18.2 Å². The summed E-state index contributed by atoms with van der Waals surface area (Å²) in [5.41, 5.74) is 1.95. The zero-order valence-electron chi connectivity index (χ0n) is 12.0. The minimum Gasteiger partial charge on any atom is -0.349 e. The Bertz CT molecular complexity index is 780. The number of pyridine rings is 1. The molecule has 4 nitrogen and oxygen atoms in total. The summed E-state index contributed by atoms with van der Waals surface area (Å²) >= 11 is 0. The molecule has 0 aliphatic carbocycles. The molecule has 0 saturated heterocycles. The molecule has 2 heterocycles. The van der Waals surface area contributed by atoms with Crippen molar-refractivity contribution in [3.8, 4) is 0 Å². The van der Waals surface area contributed by atoms with Crippen LogP contribution in [0.25, 0.3) is 5.52 Å². The number of amides is 1. The molecule has 0 aliphatic heterocycles. The van der Waals surface area contributed by atoms with Crippen molar-refractivity contribution >= 4 is 11.4 Å². The number of aryl methyl sites for hydroxylation is 1. The molecule has 22 heavy (non-hydrogen) atoms. The first-order valence-electron chi connectivity index (χ1n) is 7.14. The number of carbonyl (C=O) groups excluding carboxylic acids is 1. The Kier molecular flexibility index (Phi) is 4.14. The van der Waals surface area contributed by atoms with E-state index in [1.165, 1.54) is 12.1 Å². The second kappa shape index (κ2) is 6.39. The number of nitrogens with zero attached hydrogens (tertiary/aromatic N) is 2. The lowest BCUT2D eigenvalue weighted by Gasteiger charge is -2.05. The summed E-state index contributed by atoms with van der Waals surface area (Å²) in [5, 5.41) is 2.86. The van der Waals surface area contributed by atoms with Gasteiger partial charge in [-0.15, -0.1) is 0 Å². The number of carbonyl (C=O) groups is 1. The van der Waals surface area contributed by atoms with Crippen molar-refractivity contribution in [2.75, 3.05) is 0 Å². The first-order chi connectivity index (χ1) is 10.7. The van der Waals surface area contributed by atoms with Gasteiger partial charge in [0.15, 0.2) is 0 Å². The van der Waals surface area contributed by atoms with E-state index in [2.05, 4.69) is 10.3 Å². The average Bonchev–Trinajstić information content (AvgIpc) is 2.96.